The van der Waals surface area contributed by atoms with Crippen LogP contribution in [-0.2, 0) is 4.74 Å². The molecule has 0 bridgehead atoms. The molecule has 1 saturated heterocycles. The Morgan fingerprint density at radius 2 is 2.15 bits per heavy atom. The fourth-order valence-electron chi connectivity index (χ4n) is 3.24. The van der Waals surface area contributed by atoms with E-state index in [1.54, 1.807) is 14.0 Å². The Bertz CT molecular complexity index is 731. The van der Waals surface area contributed by atoms with Gasteiger partial charge in [-0.1, -0.05) is 0 Å². The topological polar surface area (TPSA) is 92.5 Å². The summed E-state index contributed by atoms with van der Waals surface area (Å²) in [4.78, 5) is 14.6. The zero-order valence-electron chi connectivity index (χ0n) is 15.9. The van der Waals surface area contributed by atoms with Crippen LogP contribution in [0.5, 0.6) is 0 Å². The van der Waals surface area contributed by atoms with Crippen LogP contribution >= 0.6 is 0 Å². The van der Waals surface area contributed by atoms with Crippen molar-refractivity contribution in [2.75, 3.05) is 45.2 Å². The summed E-state index contributed by atoms with van der Waals surface area (Å²) in [5, 5.41) is 13.6. The van der Waals surface area contributed by atoms with Crippen molar-refractivity contribution >= 4 is 11.7 Å². The lowest BCUT2D eigenvalue weighted by Crippen LogP contribution is -2.34. The lowest BCUT2D eigenvalue weighted by Gasteiger charge is -2.16. The highest BCUT2D eigenvalue weighted by Crippen LogP contribution is 2.20. The average molecular weight is 373 g/mol. The number of ether oxygens (including phenoxy) is 1. The van der Waals surface area contributed by atoms with Gasteiger partial charge < -0.3 is 24.7 Å². The Morgan fingerprint density at radius 3 is 2.85 bits per heavy atom. The summed E-state index contributed by atoms with van der Waals surface area (Å²) < 4.78 is 10.5. The van der Waals surface area contributed by atoms with Crippen molar-refractivity contribution in [3.8, 4) is 11.5 Å². The normalized spacial score (nSPS) is 17.2. The maximum atomic E-state index is 12.1. The van der Waals surface area contributed by atoms with E-state index < -0.39 is 0 Å². The smallest absolute Gasteiger partial charge is 0.319 e. The Labute approximate surface area is 159 Å². The molecule has 0 unspecified atom stereocenters. The van der Waals surface area contributed by atoms with Gasteiger partial charge in [-0.25, -0.2) is 4.79 Å². The minimum Gasteiger partial charge on any atom is -0.421 e. The molecule has 1 fully saturated rings. The van der Waals surface area contributed by atoms with Gasteiger partial charge in [0.25, 0.3) is 0 Å². The molecule has 8 heteroatoms. The first-order valence-electron chi connectivity index (χ1n) is 9.30. The SMILES string of the molecule is COCCCN1CC[C@H](CNC(=O)Nc2ccc(-c3nnc(C)o3)cc2)C1. The van der Waals surface area contributed by atoms with Gasteiger partial charge in [0.05, 0.1) is 0 Å². The van der Waals surface area contributed by atoms with Crippen molar-refractivity contribution in [1.29, 1.82) is 0 Å². The van der Waals surface area contributed by atoms with Gasteiger partial charge in [0.15, 0.2) is 0 Å². The van der Waals surface area contributed by atoms with Gasteiger partial charge in [-0.3, -0.25) is 0 Å². The van der Waals surface area contributed by atoms with Crippen LogP contribution in [0, 0.1) is 12.8 Å². The number of benzene rings is 1. The number of rotatable bonds is 8. The summed E-state index contributed by atoms with van der Waals surface area (Å²) in [6.45, 7) is 6.41. The third-order valence-electron chi connectivity index (χ3n) is 4.66. The molecule has 0 saturated carbocycles. The van der Waals surface area contributed by atoms with E-state index >= 15 is 0 Å². The summed E-state index contributed by atoms with van der Waals surface area (Å²) in [5.41, 5.74) is 1.54. The number of hydrogen-bond donors (Lipinski definition) is 2. The summed E-state index contributed by atoms with van der Waals surface area (Å²) in [6, 6.07) is 7.15. The molecule has 2 aromatic rings. The molecule has 1 aromatic carbocycles. The number of aryl methyl sites for hydroxylation is 1. The van der Waals surface area contributed by atoms with E-state index in [0.29, 0.717) is 24.2 Å². The summed E-state index contributed by atoms with van der Waals surface area (Å²) >= 11 is 0. The maximum Gasteiger partial charge on any atom is 0.319 e. The van der Waals surface area contributed by atoms with Crippen molar-refractivity contribution in [3.05, 3.63) is 30.2 Å². The zero-order valence-corrected chi connectivity index (χ0v) is 15.9. The first kappa shape index (κ1) is 19.3. The molecular formula is C19H27N5O3. The predicted molar refractivity (Wildman–Crippen MR) is 103 cm³/mol. The number of aromatic nitrogens is 2. The molecule has 2 amide bonds. The Hall–Kier alpha value is -2.45. The molecule has 2 N–H and O–H groups in total. The number of nitrogens with one attached hydrogen (secondary N) is 2. The van der Waals surface area contributed by atoms with Crippen LogP contribution in [0.25, 0.3) is 11.5 Å². The predicted octanol–water partition coefficient (Wildman–Crippen LogP) is 2.52. The number of carbonyl (C=O) groups is 1. The van der Waals surface area contributed by atoms with Crippen LogP contribution in [0.4, 0.5) is 10.5 Å². The molecule has 3 rings (SSSR count). The van der Waals surface area contributed by atoms with Crippen molar-refractivity contribution < 1.29 is 13.9 Å². The van der Waals surface area contributed by atoms with Crippen LogP contribution in [0.15, 0.2) is 28.7 Å². The standard InChI is InChI=1S/C19H27N5O3/c1-14-22-23-18(27-14)16-4-6-17(7-5-16)21-19(25)20-12-15-8-10-24(13-15)9-3-11-26-2/h4-7,15H,3,8-13H2,1-2H3,(H2,20,21,25)/t15-/m1/s1. The first-order chi connectivity index (χ1) is 13.1. The van der Waals surface area contributed by atoms with E-state index in [4.69, 9.17) is 9.15 Å². The van der Waals surface area contributed by atoms with Gasteiger partial charge >= 0.3 is 6.03 Å². The summed E-state index contributed by atoms with van der Waals surface area (Å²) in [5.74, 6) is 1.50. The van der Waals surface area contributed by atoms with Crippen molar-refractivity contribution in [1.82, 2.24) is 20.4 Å². The van der Waals surface area contributed by atoms with E-state index in [1.165, 1.54) is 0 Å². The highest BCUT2D eigenvalue weighted by Gasteiger charge is 2.22. The van der Waals surface area contributed by atoms with Crippen molar-refractivity contribution in [2.24, 2.45) is 5.92 Å². The third-order valence-corrected chi connectivity index (χ3v) is 4.66. The molecule has 0 spiro atoms. The van der Waals surface area contributed by atoms with Crippen LogP contribution in [0.1, 0.15) is 18.7 Å². The van der Waals surface area contributed by atoms with Crippen molar-refractivity contribution in [3.63, 3.8) is 0 Å². The fourth-order valence-corrected chi connectivity index (χ4v) is 3.24. The second-order valence-corrected chi connectivity index (χ2v) is 6.84. The van der Waals surface area contributed by atoms with Crippen LogP contribution < -0.4 is 10.6 Å². The van der Waals surface area contributed by atoms with Crippen LogP contribution in [-0.4, -0.2) is 61.0 Å². The van der Waals surface area contributed by atoms with E-state index in [2.05, 4.69) is 25.7 Å². The number of urea groups is 1. The van der Waals surface area contributed by atoms with Gasteiger partial charge in [-0.2, -0.15) is 0 Å². The Morgan fingerprint density at radius 1 is 1.33 bits per heavy atom. The number of anilines is 1. The van der Waals surface area contributed by atoms with Gasteiger partial charge in [0.1, 0.15) is 0 Å². The molecule has 146 valence electrons. The molecular weight excluding hydrogens is 346 g/mol. The number of nitrogens with zero attached hydrogens (tertiary/aromatic N) is 3. The number of amides is 2. The maximum absolute atomic E-state index is 12.1. The van der Waals surface area contributed by atoms with Gasteiger partial charge in [0, 0.05) is 51.5 Å². The molecule has 1 aliphatic heterocycles. The Kier molecular flexibility index (Phi) is 6.78. The quantitative estimate of drug-likeness (QED) is 0.691. The molecule has 0 radical (unpaired) electrons. The molecule has 1 atom stereocenters. The molecule has 27 heavy (non-hydrogen) atoms. The molecule has 0 aliphatic carbocycles. The largest absolute Gasteiger partial charge is 0.421 e. The monoisotopic (exact) mass is 373 g/mol. The van der Waals surface area contributed by atoms with Gasteiger partial charge in [0.2, 0.25) is 11.8 Å². The fraction of sp³-hybridized carbons (Fsp3) is 0.526. The summed E-state index contributed by atoms with van der Waals surface area (Å²) in [7, 11) is 1.73. The van der Waals surface area contributed by atoms with Crippen LogP contribution in [0.3, 0.4) is 0 Å². The zero-order chi connectivity index (χ0) is 19.1. The summed E-state index contributed by atoms with van der Waals surface area (Å²) in [6.07, 6.45) is 2.17. The van der Waals surface area contributed by atoms with E-state index in [9.17, 15) is 4.79 Å². The number of likely N-dealkylation sites (tertiary alicyclic amines) is 1. The molecule has 2 heterocycles. The lowest BCUT2D eigenvalue weighted by molar-refractivity contribution is 0.178. The van der Waals surface area contributed by atoms with E-state index in [0.717, 1.165) is 50.3 Å². The highest BCUT2D eigenvalue weighted by atomic mass is 16.5. The average Bonchev–Trinajstić information content (AvgIpc) is 3.30. The third kappa shape index (κ3) is 5.77. The van der Waals surface area contributed by atoms with Crippen LogP contribution in [0.2, 0.25) is 0 Å². The molecule has 8 nitrogen and oxygen atoms in total. The highest BCUT2D eigenvalue weighted by molar-refractivity contribution is 5.89. The molecule has 1 aliphatic rings. The second kappa shape index (κ2) is 9.48. The van der Waals surface area contributed by atoms with Gasteiger partial charge in [-0.05, 0) is 49.6 Å². The van der Waals surface area contributed by atoms with E-state index in [1.807, 2.05) is 24.3 Å². The minimum atomic E-state index is -0.186. The number of methoxy groups -OCH3 is 1. The second-order valence-electron chi connectivity index (χ2n) is 6.84. The van der Waals surface area contributed by atoms with Gasteiger partial charge in [-0.15, -0.1) is 10.2 Å². The molecule has 1 aromatic heterocycles. The first-order valence-corrected chi connectivity index (χ1v) is 9.30. The minimum absolute atomic E-state index is 0.186. The lowest BCUT2D eigenvalue weighted by atomic mass is 10.1. The Balaban J connectivity index is 1.39. The number of carbonyl (C=O) groups excluding carboxylic acids is 1. The van der Waals surface area contributed by atoms with Crippen molar-refractivity contribution in [2.45, 2.75) is 19.8 Å². The number of hydrogen-bond acceptors (Lipinski definition) is 6. The van der Waals surface area contributed by atoms with E-state index in [-0.39, 0.29) is 6.03 Å².